The van der Waals surface area contributed by atoms with Crippen molar-refractivity contribution in [2.75, 3.05) is 12.9 Å². The van der Waals surface area contributed by atoms with E-state index in [2.05, 4.69) is 15.5 Å². The molecule has 1 atom stereocenters. The summed E-state index contributed by atoms with van der Waals surface area (Å²) in [5, 5.41) is 12.4. The molecule has 2 aliphatic carbocycles. The van der Waals surface area contributed by atoms with Crippen LogP contribution in [0.4, 0.5) is 4.39 Å². The number of nitrogens with one attached hydrogen (secondary N) is 1. The zero-order chi connectivity index (χ0) is 22.1. The summed E-state index contributed by atoms with van der Waals surface area (Å²) in [6.07, 6.45) is 4.26. The standard InChI is InChI=1S/C24H25FN4O2S/c1-31-18-12-8-16(9-13-18)22(15-6-7-15)26-21(30)14-32-24-28-27-23(29(24)17-10-11-17)19-4-2-3-5-20(19)25/h2-5,8-9,12-13,15,17,22H,6-7,10-11,14H2,1H3,(H,26,30). The molecule has 2 fully saturated rings. The Kier molecular flexibility index (Phi) is 5.87. The van der Waals surface area contributed by atoms with Crippen molar-refractivity contribution in [3.8, 4) is 17.1 Å². The van der Waals surface area contributed by atoms with Gasteiger partial charge >= 0.3 is 0 Å². The number of hydrogen-bond donors (Lipinski definition) is 1. The van der Waals surface area contributed by atoms with Crippen LogP contribution in [-0.4, -0.2) is 33.5 Å². The van der Waals surface area contributed by atoms with Crippen molar-refractivity contribution in [1.82, 2.24) is 20.1 Å². The lowest BCUT2D eigenvalue weighted by molar-refractivity contribution is -0.119. The fraction of sp³-hybridized carbons (Fsp3) is 0.375. The third-order valence-corrected chi connectivity index (χ3v) is 6.85. The van der Waals surface area contributed by atoms with Crippen molar-refractivity contribution in [1.29, 1.82) is 0 Å². The van der Waals surface area contributed by atoms with Crippen LogP contribution in [0.25, 0.3) is 11.4 Å². The lowest BCUT2D eigenvalue weighted by Gasteiger charge is -2.19. The maximum absolute atomic E-state index is 14.3. The van der Waals surface area contributed by atoms with Crippen molar-refractivity contribution < 1.29 is 13.9 Å². The van der Waals surface area contributed by atoms with E-state index in [4.69, 9.17) is 4.74 Å². The van der Waals surface area contributed by atoms with Gasteiger partial charge in [0.2, 0.25) is 5.91 Å². The number of methoxy groups -OCH3 is 1. The molecular formula is C24H25FN4O2S. The Balaban J connectivity index is 1.28. The molecule has 1 heterocycles. The molecule has 0 bridgehead atoms. The summed E-state index contributed by atoms with van der Waals surface area (Å²) in [5.74, 6) is 1.68. The fourth-order valence-corrected chi connectivity index (χ4v) is 4.74. The second-order valence-corrected chi connectivity index (χ2v) is 9.27. The number of ether oxygens (including phenoxy) is 1. The lowest BCUT2D eigenvalue weighted by atomic mass is 10.0. The maximum Gasteiger partial charge on any atom is 0.230 e. The van der Waals surface area contributed by atoms with Crippen LogP contribution in [0.1, 0.15) is 43.3 Å². The van der Waals surface area contributed by atoms with Crippen LogP contribution in [0.5, 0.6) is 5.75 Å². The highest BCUT2D eigenvalue weighted by Gasteiger charge is 2.34. The average molecular weight is 453 g/mol. The van der Waals surface area contributed by atoms with Crippen LogP contribution in [0, 0.1) is 11.7 Å². The predicted molar refractivity (Wildman–Crippen MR) is 121 cm³/mol. The molecule has 3 aromatic rings. The minimum Gasteiger partial charge on any atom is -0.497 e. The summed E-state index contributed by atoms with van der Waals surface area (Å²) >= 11 is 1.36. The Bertz CT molecular complexity index is 1110. The van der Waals surface area contributed by atoms with Gasteiger partial charge in [0.05, 0.1) is 24.5 Å². The first-order valence-corrected chi connectivity index (χ1v) is 11.9. The van der Waals surface area contributed by atoms with E-state index in [1.165, 1.54) is 17.8 Å². The molecule has 1 N–H and O–H groups in total. The summed E-state index contributed by atoms with van der Waals surface area (Å²) in [6, 6.07) is 14.7. The van der Waals surface area contributed by atoms with Gasteiger partial charge in [-0.1, -0.05) is 36.0 Å². The molecule has 2 aromatic carbocycles. The molecule has 8 heteroatoms. The van der Waals surface area contributed by atoms with Crippen LogP contribution in [0.2, 0.25) is 0 Å². The van der Waals surface area contributed by atoms with Crippen LogP contribution in [0.3, 0.4) is 0 Å². The van der Waals surface area contributed by atoms with Gasteiger partial charge in [0.15, 0.2) is 11.0 Å². The summed E-state index contributed by atoms with van der Waals surface area (Å²) < 4.78 is 21.6. The van der Waals surface area contributed by atoms with Gasteiger partial charge in [-0.15, -0.1) is 10.2 Å². The molecule has 2 aliphatic rings. The second-order valence-electron chi connectivity index (χ2n) is 8.33. The van der Waals surface area contributed by atoms with Gasteiger partial charge < -0.3 is 10.1 Å². The minimum atomic E-state index is -0.317. The van der Waals surface area contributed by atoms with E-state index in [1.807, 2.05) is 28.8 Å². The van der Waals surface area contributed by atoms with Gasteiger partial charge in [-0.3, -0.25) is 9.36 Å². The fourth-order valence-electron chi connectivity index (χ4n) is 3.92. The monoisotopic (exact) mass is 452 g/mol. The third-order valence-electron chi connectivity index (χ3n) is 5.91. The SMILES string of the molecule is COc1ccc(C(NC(=O)CSc2nnc(-c3ccccc3F)n2C2CC2)C2CC2)cc1. The third kappa shape index (κ3) is 4.50. The van der Waals surface area contributed by atoms with Gasteiger partial charge in [-0.25, -0.2) is 4.39 Å². The van der Waals surface area contributed by atoms with Gasteiger partial charge in [-0.05, 0) is 61.4 Å². The normalized spacial score (nSPS) is 16.6. The van der Waals surface area contributed by atoms with Gasteiger partial charge in [-0.2, -0.15) is 0 Å². The Morgan fingerprint density at radius 1 is 1.16 bits per heavy atom. The number of hydrogen-bond acceptors (Lipinski definition) is 5. The first kappa shape index (κ1) is 21.0. The van der Waals surface area contributed by atoms with Crippen LogP contribution < -0.4 is 10.1 Å². The van der Waals surface area contributed by atoms with Crippen molar-refractivity contribution in [3.63, 3.8) is 0 Å². The topological polar surface area (TPSA) is 69.0 Å². The number of aromatic nitrogens is 3. The first-order valence-electron chi connectivity index (χ1n) is 10.9. The zero-order valence-corrected chi connectivity index (χ0v) is 18.6. The molecule has 0 radical (unpaired) electrons. The number of benzene rings is 2. The van der Waals surface area contributed by atoms with E-state index < -0.39 is 0 Å². The Morgan fingerprint density at radius 3 is 2.56 bits per heavy atom. The summed E-state index contributed by atoms with van der Waals surface area (Å²) in [6.45, 7) is 0. The van der Waals surface area contributed by atoms with Gasteiger partial charge in [0.1, 0.15) is 11.6 Å². The molecular weight excluding hydrogens is 427 g/mol. The van der Waals surface area contributed by atoms with E-state index in [0.29, 0.717) is 22.5 Å². The van der Waals surface area contributed by atoms with Crippen LogP contribution in [0.15, 0.2) is 53.7 Å². The summed E-state index contributed by atoms with van der Waals surface area (Å²) in [4.78, 5) is 12.8. The largest absolute Gasteiger partial charge is 0.497 e. The molecule has 32 heavy (non-hydrogen) atoms. The van der Waals surface area contributed by atoms with E-state index in [-0.39, 0.29) is 29.6 Å². The molecule has 2 saturated carbocycles. The Hall–Kier alpha value is -2.87. The van der Waals surface area contributed by atoms with Crippen molar-refractivity contribution in [3.05, 3.63) is 59.9 Å². The quantitative estimate of drug-likeness (QED) is 0.473. The van der Waals surface area contributed by atoms with E-state index in [9.17, 15) is 9.18 Å². The number of halogens is 1. The summed E-state index contributed by atoms with van der Waals surface area (Å²) in [5.41, 5.74) is 1.53. The zero-order valence-electron chi connectivity index (χ0n) is 17.8. The molecule has 166 valence electrons. The van der Waals surface area contributed by atoms with Crippen LogP contribution >= 0.6 is 11.8 Å². The summed E-state index contributed by atoms with van der Waals surface area (Å²) in [7, 11) is 1.64. The van der Waals surface area contributed by atoms with E-state index in [0.717, 1.165) is 37.0 Å². The highest BCUT2D eigenvalue weighted by atomic mass is 32.2. The first-order chi connectivity index (χ1) is 15.6. The van der Waals surface area contributed by atoms with E-state index >= 15 is 0 Å². The molecule has 0 saturated heterocycles. The average Bonchev–Trinajstić information content (AvgIpc) is 3.75. The smallest absolute Gasteiger partial charge is 0.230 e. The molecule has 1 amide bonds. The number of rotatable bonds is 9. The number of carbonyl (C=O) groups is 1. The Labute approximate surface area is 190 Å². The number of nitrogens with zero attached hydrogens (tertiary/aromatic N) is 3. The number of thioether (sulfide) groups is 1. The number of carbonyl (C=O) groups excluding carboxylic acids is 1. The van der Waals surface area contributed by atoms with Crippen molar-refractivity contribution >= 4 is 17.7 Å². The molecule has 0 spiro atoms. The van der Waals surface area contributed by atoms with Crippen molar-refractivity contribution in [2.45, 2.75) is 42.9 Å². The highest BCUT2D eigenvalue weighted by molar-refractivity contribution is 7.99. The molecule has 6 nitrogen and oxygen atoms in total. The minimum absolute atomic E-state index is 0.00397. The maximum atomic E-state index is 14.3. The van der Waals surface area contributed by atoms with Crippen molar-refractivity contribution in [2.24, 2.45) is 5.92 Å². The number of amides is 1. The second kappa shape index (κ2) is 8.94. The highest BCUT2D eigenvalue weighted by Crippen LogP contribution is 2.42. The molecule has 0 aliphatic heterocycles. The molecule has 1 unspecified atom stereocenters. The molecule has 1 aromatic heterocycles. The van der Waals surface area contributed by atoms with Gasteiger partial charge in [0, 0.05) is 6.04 Å². The lowest BCUT2D eigenvalue weighted by Crippen LogP contribution is -2.31. The Morgan fingerprint density at radius 2 is 1.91 bits per heavy atom. The van der Waals surface area contributed by atoms with Gasteiger partial charge in [0.25, 0.3) is 0 Å². The van der Waals surface area contributed by atoms with Crippen LogP contribution in [-0.2, 0) is 4.79 Å². The molecule has 5 rings (SSSR count). The predicted octanol–water partition coefficient (Wildman–Crippen LogP) is 4.79. The van der Waals surface area contributed by atoms with E-state index in [1.54, 1.807) is 25.3 Å².